The third-order valence-corrected chi connectivity index (χ3v) is 6.80. The first-order valence-electron chi connectivity index (χ1n) is 12.4. The van der Waals surface area contributed by atoms with E-state index in [-0.39, 0.29) is 30.1 Å². The molecule has 1 atom stereocenters. The van der Waals surface area contributed by atoms with Gasteiger partial charge in [0.25, 0.3) is 5.56 Å². The van der Waals surface area contributed by atoms with E-state index in [1.54, 1.807) is 6.07 Å². The highest BCUT2D eigenvalue weighted by molar-refractivity contribution is 6.31. The minimum absolute atomic E-state index is 0.0112. The van der Waals surface area contributed by atoms with Crippen molar-refractivity contribution < 1.29 is 24.1 Å². The van der Waals surface area contributed by atoms with Crippen LogP contribution in [0, 0.1) is 5.92 Å². The normalized spacial score (nSPS) is 14.4. The molecule has 0 bridgehead atoms. The van der Waals surface area contributed by atoms with Crippen LogP contribution in [0.2, 0.25) is 5.15 Å². The molecule has 0 spiro atoms. The number of halogens is 1. The van der Waals surface area contributed by atoms with E-state index in [0.29, 0.717) is 35.1 Å². The molecule has 1 unspecified atom stereocenters. The minimum Gasteiger partial charge on any atom is -0.506 e. The summed E-state index contributed by atoms with van der Waals surface area (Å²) in [5.74, 6) is -0.947. The molecule has 8 nitrogen and oxygen atoms in total. The van der Waals surface area contributed by atoms with Crippen molar-refractivity contribution in [2.24, 2.45) is 5.92 Å². The molecule has 0 saturated carbocycles. The molecule has 0 fully saturated rings. The lowest BCUT2D eigenvalue weighted by atomic mass is 9.85. The Morgan fingerprint density at radius 3 is 2.68 bits per heavy atom. The van der Waals surface area contributed by atoms with Crippen LogP contribution in [0.5, 0.6) is 17.2 Å². The number of aromatic hydroxyl groups is 1. The number of carbonyl (C=O) groups is 1. The largest absolute Gasteiger partial charge is 0.506 e. The molecule has 1 N–H and O–H groups in total. The van der Waals surface area contributed by atoms with Gasteiger partial charge >= 0.3 is 5.97 Å². The summed E-state index contributed by atoms with van der Waals surface area (Å²) in [5.41, 5.74) is 0.762. The van der Waals surface area contributed by atoms with Crippen molar-refractivity contribution in [3.63, 3.8) is 0 Å². The maximum atomic E-state index is 13.8. The minimum atomic E-state index is -0.911. The molecule has 1 aliphatic heterocycles. The quantitative estimate of drug-likeness (QED) is 0.238. The zero-order valence-electron chi connectivity index (χ0n) is 21.4. The van der Waals surface area contributed by atoms with Crippen molar-refractivity contribution >= 4 is 17.6 Å². The number of benzene rings is 1. The maximum Gasteiger partial charge on any atom is 0.347 e. The number of aromatic nitrogens is 2. The molecule has 196 valence electrons. The predicted molar refractivity (Wildman–Crippen MR) is 141 cm³/mol. The number of hydrogen-bond acceptors (Lipinski definition) is 7. The van der Waals surface area contributed by atoms with Gasteiger partial charge in [-0.1, -0.05) is 69.1 Å². The summed E-state index contributed by atoms with van der Waals surface area (Å²) in [6, 6.07) is 11.0. The fourth-order valence-corrected chi connectivity index (χ4v) is 4.68. The summed E-state index contributed by atoms with van der Waals surface area (Å²) in [5, 5.41) is 11.5. The van der Waals surface area contributed by atoms with Gasteiger partial charge in [0.05, 0.1) is 32.6 Å². The average molecular weight is 527 g/mol. The van der Waals surface area contributed by atoms with Crippen molar-refractivity contribution in [3.05, 3.63) is 68.6 Å². The predicted octanol–water partition coefficient (Wildman–Crippen LogP) is 5.42. The number of rotatable bonds is 8. The number of esters is 1. The Morgan fingerprint density at radius 2 is 2.03 bits per heavy atom. The van der Waals surface area contributed by atoms with Gasteiger partial charge in [-0.15, -0.1) is 0 Å². The van der Waals surface area contributed by atoms with E-state index in [0.717, 1.165) is 18.4 Å². The Labute approximate surface area is 220 Å². The number of fused-ring (bicyclic) bond motifs is 3. The lowest BCUT2D eigenvalue weighted by Gasteiger charge is -2.25. The zero-order valence-corrected chi connectivity index (χ0v) is 22.2. The van der Waals surface area contributed by atoms with Gasteiger partial charge < -0.3 is 23.9 Å². The third kappa shape index (κ3) is 5.16. The first-order valence-corrected chi connectivity index (χ1v) is 12.7. The number of carbonyl (C=O) groups excluding carboxylic acids is 1. The SMILES string of the molecule is CCCCOc1cc2c(nc1Cl)-c1c(c(O)c(C(=O)OC)c(=O)n1Cc1ccccc1)C(C(C)C)CO2. The van der Waals surface area contributed by atoms with Crippen molar-refractivity contribution in [1.29, 1.82) is 0 Å². The first kappa shape index (κ1) is 26.5. The number of hydrogen-bond donors (Lipinski definition) is 1. The smallest absolute Gasteiger partial charge is 0.347 e. The van der Waals surface area contributed by atoms with E-state index >= 15 is 0 Å². The molecule has 0 aliphatic carbocycles. The second kappa shape index (κ2) is 11.3. The molecular formula is C28H31ClN2O6. The summed E-state index contributed by atoms with van der Waals surface area (Å²) in [7, 11) is 1.17. The number of nitrogens with zero attached hydrogens (tertiary/aromatic N) is 2. The molecule has 1 aliphatic rings. The van der Waals surface area contributed by atoms with Gasteiger partial charge in [-0.3, -0.25) is 4.79 Å². The molecule has 0 amide bonds. The standard InChI is InChI=1S/C28H31ClN2O6/c1-5-6-12-36-20-13-19-23(30-26(20)29)24-21(18(15-37-19)16(2)3)25(32)22(28(34)35-4)27(33)31(24)14-17-10-8-7-9-11-17/h7-11,13,16,18,32H,5-6,12,14-15H2,1-4H3. The lowest BCUT2D eigenvalue weighted by molar-refractivity contribution is 0.0594. The van der Waals surface area contributed by atoms with Crippen LogP contribution in [-0.2, 0) is 11.3 Å². The molecule has 3 aromatic rings. The van der Waals surface area contributed by atoms with Crippen LogP contribution in [0.4, 0.5) is 0 Å². The molecule has 1 aromatic carbocycles. The summed E-state index contributed by atoms with van der Waals surface area (Å²) in [4.78, 5) is 31.1. The maximum absolute atomic E-state index is 13.8. The van der Waals surface area contributed by atoms with Gasteiger partial charge in [-0.2, -0.15) is 0 Å². The molecule has 2 aromatic heterocycles. The molecule has 9 heteroatoms. The van der Waals surface area contributed by atoms with Gasteiger partial charge in [0.15, 0.2) is 22.2 Å². The van der Waals surface area contributed by atoms with Crippen LogP contribution in [0.25, 0.3) is 11.4 Å². The Hall–Kier alpha value is -3.52. The Bertz CT molecular complexity index is 1350. The molecule has 4 rings (SSSR count). The van der Waals surface area contributed by atoms with Crippen molar-refractivity contribution in [2.75, 3.05) is 20.3 Å². The van der Waals surface area contributed by atoms with Crippen LogP contribution in [0.1, 0.15) is 61.0 Å². The summed E-state index contributed by atoms with van der Waals surface area (Å²) >= 11 is 6.54. The van der Waals surface area contributed by atoms with Gasteiger partial charge in [0.1, 0.15) is 11.4 Å². The van der Waals surface area contributed by atoms with Crippen LogP contribution >= 0.6 is 11.6 Å². The fraction of sp³-hybridized carbons (Fsp3) is 0.393. The Balaban J connectivity index is 2.05. The zero-order chi connectivity index (χ0) is 26.7. The highest BCUT2D eigenvalue weighted by Crippen LogP contribution is 2.46. The van der Waals surface area contributed by atoms with Crippen molar-refractivity contribution in [1.82, 2.24) is 9.55 Å². The van der Waals surface area contributed by atoms with E-state index in [9.17, 15) is 14.7 Å². The summed E-state index contributed by atoms with van der Waals surface area (Å²) in [6.07, 6.45) is 1.82. The summed E-state index contributed by atoms with van der Waals surface area (Å²) < 4.78 is 18.3. The van der Waals surface area contributed by atoms with Crippen LogP contribution in [-0.4, -0.2) is 41.0 Å². The highest BCUT2D eigenvalue weighted by Gasteiger charge is 2.37. The monoisotopic (exact) mass is 526 g/mol. The van der Waals surface area contributed by atoms with Gasteiger partial charge in [0, 0.05) is 17.5 Å². The second-order valence-electron chi connectivity index (χ2n) is 9.34. The van der Waals surface area contributed by atoms with Gasteiger partial charge in [-0.05, 0) is 17.9 Å². The fourth-order valence-electron chi connectivity index (χ4n) is 4.49. The average Bonchev–Trinajstić information content (AvgIpc) is 3.04. The number of pyridine rings is 2. The van der Waals surface area contributed by atoms with Crippen molar-refractivity contribution in [2.45, 2.75) is 46.1 Å². The van der Waals surface area contributed by atoms with E-state index in [4.69, 9.17) is 25.8 Å². The van der Waals surface area contributed by atoms with Crippen LogP contribution in [0.3, 0.4) is 0 Å². The summed E-state index contributed by atoms with van der Waals surface area (Å²) in [6.45, 7) is 6.82. The lowest BCUT2D eigenvalue weighted by Crippen LogP contribution is -2.31. The molecule has 0 radical (unpaired) electrons. The Morgan fingerprint density at radius 1 is 1.30 bits per heavy atom. The number of methoxy groups -OCH3 is 1. The van der Waals surface area contributed by atoms with Crippen molar-refractivity contribution in [3.8, 4) is 28.6 Å². The molecule has 37 heavy (non-hydrogen) atoms. The third-order valence-electron chi connectivity index (χ3n) is 6.53. The number of ether oxygens (including phenoxy) is 3. The van der Waals surface area contributed by atoms with Gasteiger partial charge in [0.2, 0.25) is 0 Å². The topological polar surface area (TPSA) is 99.9 Å². The van der Waals surface area contributed by atoms with E-state index in [1.165, 1.54) is 11.7 Å². The van der Waals surface area contributed by atoms with E-state index < -0.39 is 22.8 Å². The van der Waals surface area contributed by atoms with Crippen LogP contribution in [0.15, 0.2) is 41.2 Å². The number of unbranched alkanes of at least 4 members (excludes halogenated alkanes) is 1. The first-order chi connectivity index (χ1) is 17.8. The van der Waals surface area contributed by atoms with E-state index in [1.807, 2.05) is 44.2 Å². The highest BCUT2D eigenvalue weighted by atomic mass is 35.5. The Kier molecular flexibility index (Phi) is 8.07. The van der Waals surface area contributed by atoms with Gasteiger partial charge in [-0.25, -0.2) is 9.78 Å². The van der Waals surface area contributed by atoms with E-state index in [2.05, 4.69) is 11.9 Å². The molecular weight excluding hydrogens is 496 g/mol. The van der Waals surface area contributed by atoms with Crippen LogP contribution < -0.4 is 15.0 Å². The second-order valence-corrected chi connectivity index (χ2v) is 9.70. The molecule has 3 heterocycles. The molecule has 0 saturated heterocycles.